The number of rotatable bonds is 1. The van der Waals surface area contributed by atoms with Crippen LogP contribution < -0.4 is 0 Å². The van der Waals surface area contributed by atoms with E-state index in [4.69, 9.17) is 5.26 Å². The lowest BCUT2D eigenvalue weighted by Gasteiger charge is -2.47. The van der Waals surface area contributed by atoms with Crippen LogP contribution in [0.25, 0.3) is 0 Å². The maximum atomic E-state index is 10.6. The highest BCUT2D eigenvalue weighted by molar-refractivity contribution is 5.43. The summed E-state index contributed by atoms with van der Waals surface area (Å²) in [5, 5.41) is 30.0. The molecule has 3 unspecified atom stereocenters. The van der Waals surface area contributed by atoms with Crippen molar-refractivity contribution in [1.82, 2.24) is 0 Å². The molecule has 0 radical (unpaired) electrons. The van der Waals surface area contributed by atoms with Crippen LogP contribution in [0.4, 0.5) is 0 Å². The fraction of sp³-hybridized carbons (Fsp3) is 0.667. The van der Waals surface area contributed by atoms with E-state index in [2.05, 4.69) is 6.07 Å². The molecule has 3 atom stereocenters. The smallest absolute Gasteiger partial charge is 0.0988 e. The summed E-state index contributed by atoms with van der Waals surface area (Å²) >= 11 is 0. The van der Waals surface area contributed by atoms with E-state index in [0.29, 0.717) is 5.57 Å². The molecule has 0 bridgehead atoms. The van der Waals surface area contributed by atoms with Crippen molar-refractivity contribution in [3.63, 3.8) is 0 Å². The lowest BCUT2D eigenvalue weighted by Crippen LogP contribution is -2.49. The van der Waals surface area contributed by atoms with Crippen molar-refractivity contribution in [2.24, 2.45) is 11.8 Å². The summed E-state index contributed by atoms with van der Waals surface area (Å²) in [6.45, 7) is 5.34. The number of allylic oxidation sites excluding steroid dienone is 2. The third-order valence-electron chi connectivity index (χ3n) is 4.22. The Labute approximate surface area is 108 Å². The van der Waals surface area contributed by atoms with Gasteiger partial charge in [0.05, 0.1) is 17.3 Å². The molecule has 0 aromatic rings. The Kier molecular flexibility index (Phi) is 3.12. The molecule has 0 aromatic carbocycles. The molecule has 0 spiro atoms. The number of fused-ring (bicyclic) bond motifs is 1. The maximum absolute atomic E-state index is 10.6. The first-order valence-corrected chi connectivity index (χ1v) is 6.53. The Hall–Kier alpha value is -1.11. The van der Waals surface area contributed by atoms with Gasteiger partial charge < -0.3 is 10.2 Å². The van der Waals surface area contributed by atoms with Crippen LogP contribution in [0.15, 0.2) is 23.3 Å². The van der Waals surface area contributed by atoms with Gasteiger partial charge in [0.25, 0.3) is 0 Å². The van der Waals surface area contributed by atoms with E-state index < -0.39 is 11.2 Å². The molecule has 18 heavy (non-hydrogen) atoms. The second-order valence-corrected chi connectivity index (χ2v) is 6.32. The molecule has 2 N–H and O–H groups in total. The molecule has 1 fully saturated rings. The van der Waals surface area contributed by atoms with Crippen LogP contribution in [-0.2, 0) is 0 Å². The molecular weight excluding hydrogens is 226 g/mol. The molecule has 0 aliphatic heterocycles. The van der Waals surface area contributed by atoms with Gasteiger partial charge in [-0.2, -0.15) is 5.26 Å². The predicted molar refractivity (Wildman–Crippen MR) is 69.5 cm³/mol. The lowest BCUT2D eigenvalue weighted by atomic mass is 9.61. The van der Waals surface area contributed by atoms with E-state index >= 15 is 0 Å². The van der Waals surface area contributed by atoms with Crippen LogP contribution in [0.1, 0.15) is 40.0 Å². The first-order valence-electron chi connectivity index (χ1n) is 6.53. The Bertz CT molecular complexity index is 446. The summed E-state index contributed by atoms with van der Waals surface area (Å²) in [5.41, 5.74) is -0.0247. The first-order chi connectivity index (χ1) is 8.25. The van der Waals surface area contributed by atoms with Gasteiger partial charge in [-0.3, -0.25) is 0 Å². The summed E-state index contributed by atoms with van der Waals surface area (Å²) in [6, 6.07) is 2.16. The van der Waals surface area contributed by atoms with Crippen LogP contribution in [0.2, 0.25) is 0 Å². The number of nitriles is 1. The Morgan fingerprint density at radius 3 is 2.72 bits per heavy atom. The van der Waals surface area contributed by atoms with Crippen molar-refractivity contribution in [3.8, 4) is 6.07 Å². The highest BCUT2D eigenvalue weighted by atomic mass is 16.3. The highest BCUT2D eigenvalue weighted by Gasteiger charge is 2.47. The van der Waals surface area contributed by atoms with Crippen molar-refractivity contribution in [1.29, 1.82) is 5.26 Å². The van der Waals surface area contributed by atoms with Crippen LogP contribution in [0.5, 0.6) is 0 Å². The van der Waals surface area contributed by atoms with Crippen molar-refractivity contribution >= 4 is 0 Å². The van der Waals surface area contributed by atoms with Crippen LogP contribution in [-0.4, -0.2) is 21.4 Å². The van der Waals surface area contributed by atoms with Crippen molar-refractivity contribution in [2.75, 3.05) is 0 Å². The number of hydrogen-bond donors (Lipinski definition) is 2. The van der Waals surface area contributed by atoms with Crippen LogP contribution in [0, 0.1) is 23.2 Å². The number of nitrogens with zero attached hydrogens (tertiary/aromatic N) is 1. The standard InChI is InChI=1S/C15H21NO2/c1-14(2,17)12-8-10(9-16)7-11-5-4-6-15(3,18)13(11)12/h7-8,12-13,17-18H,4-6H2,1-3H3. The molecular formula is C15H21NO2. The minimum absolute atomic E-state index is 0.0802. The van der Waals surface area contributed by atoms with Gasteiger partial charge in [0.15, 0.2) is 0 Å². The molecule has 0 saturated heterocycles. The monoisotopic (exact) mass is 247 g/mol. The molecule has 0 aromatic heterocycles. The molecule has 3 nitrogen and oxygen atoms in total. The molecule has 2 aliphatic carbocycles. The third-order valence-corrected chi connectivity index (χ3v) is 4.22. The van der Waals surface area contributed by atoms with E-state index in [0.717, 1.165) is 24.8 Å². The van der Waals surface area contributed by atoms with E-state index in [1.165, 1.54) is 0 Å². The zero-order valence-corrected chi connectivity index (χ0v) is 11.3. The second-order valence-electron chi connectivity index (χ2n) is 6.32. The largest absolute Gasteiger partial charge is 0.390 e. The maximum Gasteiger partial charge on any atom is 0.0988 e. The summed E-state index contributed by atoms with van der Waals surface area (Å²) in [4.78, 5) is 0. The number of hydrogen-bond acceptors (Lipinski definition) is 3. The van der Waals surface area contributed by atoms with Crippen molar-refractivity contribution in [3.05, 3.63) is 23.3 Å². The summed E-state index contributed by atoms with van der Waals surface area (Å²) in [5.74, 6) is -0.286. The SMILES string of the molecule is CC(C)(O)C1C=C(C#N)C=C2CCCC(C)(O)C21. The first kappa shape index (κ1) is 13.3. The summed E-state index contributed by atoms with van der Waals surface area (Å²) in [6.07, 6.45) is 6.30. The average Bonchev–Trinajstić information content (AvgIpc) is 2.25. The van der Waals surface area contributed by atoms with E-state index in [1.54, 1.807) is 13.8 Å². The Balaban J connectivity index is 2.48. The van der Waals surface area contributed by atoms with Gasteiger partial charge in [-0.15, -0.1) is 0 Å². The van der Waals surface area contributed by atoms with Crippen molar-refractivity contribution in [2.45, 2.75) is 51.2 Å². The summed E-state index contributed by atoms with van der Waals surface area (Å²) < 4.78 is 0. The Morgan fingerprint density at radius 1 is 1.50 bits per heavy atom. The van der Waals surface area contributed by atoms with Gasteiger partial charge in [-0.05, 0) is 46.1 Å². The minimum atomic E-state index is -0.937. The zero-order chi connectivity index (χ0) is 13.6. The van der Waals surface area contributed by atoms with E-state index in [9.17, 15) is 10.2 Å². The predicted octanol–water partition coefficient (Wildman–Crippen LogP) is 2.31. The molecule has 2 aliphatic rings. The van der Waals surface area contributed by atoms with Crippen LogP contribution >= 0.6 is 0 Å². The average molecular weight is 247 g/mol. The molecule has 2 rings (SSSR count). The van der Waals surface area contributed by atoms with Gasteiger partial charge in [0.2, 0.25) is 0 Å². The van der Waals surface area contributed by atoms with Gasteiger partial charge in [-0.1, -0.05) is 11.6 Å². The van der Waals surface area contributed by atoms with Gasteiger partial charge in [0.1, 0.15) is 0 Å². The summed E-state index contributed by atoms with van der Waals surface area (Å²) in [7, 11) is 0. The lowest BCUT2D eigenvalue weighted by molar-refractivity contribution is -0.0736. The topological polar surface area (TPSA) is 64.2 Å². The van der Waals surface area contributed by atoms with E-state index in [-0.39, 0.29) is 11.8 Å². The molecule has 1 saturated carbocycles. The normalized spacial score (nSPS) is 36.2. The molecule has 98 valence electrons. The van der Waals surface area contributed by atoms with Gasteiger partial charge in [0, 0.05) is 17.4 Å². The minimum Gasteiger partial charge on any atom is -0.390 e. The van der Waals surface area contributed by atoms with Gasteiger partial charge in [-0.25, -0.2) is 0 Å². The third kappa shape index (κ3) is 2.23. The second kappa shape index (κ2) is 4.22. The Morgan fingerprint density at radius 2 is 2.17 bits per heavy atom. The van der Waals surface area contributed by atoms with Crippen LogP contribution in [0.3, 0.4) is 0 Å². The quantitative estimate of drug-likeness (QED) is 0.747. The fourth-order valence-electron chi connectivity index (χ4n) is 3.36. The number of aliphatic hydroxyl groups is 2. The zero-order valence-electron chi connectivity index (χ0n) is 11.3. The van der Waals surface area contributed by atoms with Crippen molar-refractivity contribution < 1.29 is 10.2 Å². The molecule has 3 heteroatoms. The molecule has 0 heterocycles. The highest BCUT2D eigenvalue weighted by Crippen LogP contribution is 2.48. The van der Waals surface area contributed by atoms with Gasteiger partial charge >= 0.3 is 0 Å². The van der Waals surface area contributed by atoms with E-state index in [1.807, 2.05) is 19.1 Å². The fourth-order valence-corrected chi connectivity index (χ4v) is 3.36. The molecule has 0 amide bonds.